The molecule has 0 saturated heterocycles. The van der Waals surface area contributed by atoms with Crippen LogP contribution in [0, 0.1) is 0 Å². The molecule has 1 rings (SSSR count). The fourth-order valence-electron chi connectivity index (χ4n) is 0.800. The van der Waals surface area contributed by atoms with Gasteiger partial charge in [-0.3, -0.25) is 0 Å². The first-order valence-corrected chi connectivity index (χ1v) is 5.78. The molecule has 7 heteroatoms. The Kier molecular flexibility index (Phi) is 4.70. The molecule has 0 fully saturated rings. The number of aromatic nitrogens is 1. The largest absolute Gasteiger partial charge is 0.476 e. The van der Waals surface area contributed by atoms with Gasteiger partial charge in [0, 0.05) is 5.75 Å². The Balaban J connectivity index is 2.47. The van der Waals surface area contributed by atoms with Gasteiger partial charge in [0.25, 0.3) is 6.08 Å². The van der Waals surface area contributed by atoms with Crippen molar-refractivity contribution in [2.24, 2.45) is 0 Å². The molecule has 0 saturated carbocycles. The summed E-state index contributed by atoms with van der Waals surface area (Å²) in [4.78, 5) is 14.3. The predicted octanol–water partition coefficient (Wildman–Crippen LogP) is 3.10. The van der Waals surface area contributed by atoms with E-state index in [0.717, 1.165) is 6.08 Å². The van der Waals surface area contributed by atoms with Gasteiger partial charge in [-0.1, -0.05) is 0 Å². The summed E-state index contributed by atoms with van der Waals surface area (Å²) in [6.07, 6.45) is -0.684. The summed E-state index contributed by atoms with van der Waals surface area (Å²) in [6.45, 7) is 0. The Morgan fingerprint density at radius 1 is 1.67 bits per heavy atom. The molecule has 3 nitrogen and oxygen atoms in total. The number of hydrogen-bond acceptors (Lipinski definition) is 4. The average Bonchev–Trinajstić information content (AvgIpc) is 2.60. The fourth-order valence-corrected chi connectivity index (χ4v) is 2.65. The Morgan fingerprint density at radius 3 is 3.00 bits per heavy atom. The third-order valence-electron chi connectivity index (χ3n) is 1.39. The number of nitrogens with zero attached hydrogens (tertiary/aromatic N) is 1. The highest BCUT2D eigenvalue weighted by Gasteiger charge is 2.13. The molecule has 1 aromatic rings. The Hall–Kier alpha value is -0.950. The molecule has 0 aliphatic rings. The summed E-state index contributed by atoms with van der Waals surface area (Å²) in [7, 11) is 0. The third kappa shape index (κ3) is 3.96. The predicted molar refractivity (Wildman–Crippen MR) is 54.7 cm³/mol. The van der Waals surface area contributed by atoms with E-state index in [1.807, 2.05) is 0 Å². The van der Waals surface area contributed by atoms with Crippen LogP contribution in [-0.4, -0.2) is 21.8 Å². The second kappa shape index (κ2) is 5.82. The van der Waals surface area contributed by atoms with Crippen molar-refractivity contribution in [1.29, 1.82) is 0 Å². The van der Waals surface area contributed by atoms with E-state index in [9.17, 15) is 13.6 Å². The summed E-state index contributed by atoms with van der Waals surface area (Å²) in [5.74, 6) is -0.675. The average molecular weight is 251 g/mol. The number of hydrogen-bond donors (Lipinski definition) is 1. The van der Waals surface area contributed by atoms with Crippen molar-refractivity contribution in [1.82, 2.24) is 4.98 Å². The van der Waals surface area contributed by atoms with Gasteiger partial charge in [0.05, 0.1) is 9.72 Å². The second-order valence-electron chi connectivity index (χ2n) is 2.42. The molecule has 0 amide bonds. The van der Waals surface area contributed by atoms with Gasteiger partial charge < -0.3 is 5.11 Å². The normalized spacial score (nSPS) is 10.0. The molecule has 82 valence electrons. The highest BCUT2D eigenvalue weighted by molar-refractivity contribution is 8.01. The molecule has 0 spiro atoms. The van der Waals surface area contributed by atoms with Crippen molar-refractivity contribution in [3.05, 3.63) is 23.4 Å². The van der Waals surface area contributed by atoms with E-state index in [4.69, 9.17) is 5.11 Å². The number of allylic oxidation sites excluding steroid dienone is 1. The van der Waals surface area contributed by atoms with Crippen LogP contribution in [0.2, 0.25) is 0 Å². The highest BCUT2D eigenvalue weighted by atomic mass is 32.2. The Bertz CT molecular complexity index is 374. The molecule has 15 heavy (non-hydrogen) atoms. The number of halogens is 2. The van der Waals surface area contributed by atoms with Crippen LogP contribution < -0.4 is 0 Å². The van der Waals surface area contributed by atoms with Crippen LogP contribution in [0.4, 0.5) is 8.78 Å². The molecule has 0 aromatic carbocycles. The number of rotatable bonds is 5. The summed E-state index contributed by atoms with van der Waals surface area (Å²) in [6, 6.07) is 0. The molecular formula is C8H7F2NO2S2. The van der Waals surface area contributed by atoms with Crippen molar-refractivity contribution in [2.75, 3.05) is 5.75 Å². The summed E-state index contributed by atoms with van der Waals surface area (Å²) in [5, 5.41) is 8.70. The van der Waals surface area contributed by atoms with Crippen molar-refractivity contribution >= 4 is 29.1 Å². The molecule has 1 N–H and O–H groups in total. The quantitative estimate of drug-likeness (QED) is 0.645. The van der Waals surface area contributed by atoms with Gasteiger partial charge in [-0.25, -0.2) is 9.78 Å². The van der Waals surface area contributed by atoms with E-state index in [0.29, 0.717) is 9.96 Å². The third-order valence-corrected chi connectivity index (χ3v) is 3.54. The molecule has 1 heterocycles. The summed E-state index contributed by atoms with van der Waals surface area (Å²) in [5.41, 5.74) is 1.42. The zero-order chi connectivity index (χ0) is 11.3. The maximum atomic E-state index is 11.7. The Labute approximate surface area is 92.8 Å². The SMILES string of the molecule is O=C(O)c1ncsc1SCCC=C(F)F. The first-order chi connectivity index (χ1) is 7.11. The minimum atomic E-state index is -1.71. The number of carboxylic acid groups (broad SMARTS) is 1. The van der Waals surface area contributed by atoms with Gasteiger partial charge in [-0.2, -0.15) is 8.78 Å². The lowest BCUT2D eigenvalue weighted by atomic mass is 10.5. The summed E-state index contributed by atoms with van der Waals surface area (Å²) < 4.78 is 23.9. The zero-order valence-corrected chi connectivity index (χ0v) is 9.08. The van der Waals surface area contributed by atoms with Crippen LogP contribution in [-0.2, 0) is 0 Å². The van der Waals surface area contributed by atoms with E-state index >= 15 is 0 Å². The molecule has 0 radical (unpaired) electrons. The molecule has 0 aliphatic carbocycles. The minimum absolute atomic E-state index is 0.00491. The van der Waals surface area contributed by atoms with Crippen LogP contribution >= 0.6 is 23.1 Å². The van der Waals surface area contributed by atoms with Crippen molar-refractivity contribution in [2.45, 2.75) is 10.6 Å². The van der Waals surface area contributed by atoms with Gasteiger partial charge in [0.2, 0.25) is 0 Å². The molecule has 0 aliphatic heterocycles. The lowest BCUT2D eigenvalue weighted by Crippen LogP contribution is -1.97. The monoisotopic (exact) mass is 251 g/mol. The maximum absolute atomic E-state index is 11.7. The molecule has 0 unspecified atom stereocenters. The van der Waals surface area contributed by atoms with Gasteiger partial charge in [-0.05, 0) is 12.5 Å². The standard InChI is InChI=1S/C8H7F2NO2S2/c9-5(10)2-1-3-14-8-6(7(12)13)11-4-15-8/h2,4H,1,3H2,(H,12,13). The van der Waals surface area contributed by atoms with Crippen LogP contribution in [0.15, 0.2) is 21.9 Å². The zero-order valence-electron chi connectivity index (χ0n) is 7.44. The van der Waals surface area contributed by atoms with Crippen LogP contribution in [0.25, 0.3) is 0 Å². The molecule has 0 bridgehead atoms. The van der Waals surface area contributed by atoms with E-state index < -0.39 is 12.0 Å². The number of carbonyl (C=O) groups is 1. The van der Waals surface area contributed by atoms with Crippen molar-refractivity contribution in [3.8, 4) is 0 Å². The first-order valence-electron chi connectivity index (χ1n) is 3.92. The lowest BCUT2D eigenvalue weighted by molar-refractivity contribution is 0.0687. The fraction of sp³-hybridized carbons (Fsp3) is 0.250. The van der Waals surface area contributed by atoms with Crippen LogP contribution in [0.5, 0.6) is 0 Å². The van der Waals surface area contributed by atoms with E-state index in [2.05, 4.69) is 4.98 Å². The van der Waals surface area contributed by atoms with Gasteiger partial charge in [0.15, 0.2) is 5.69 Å². The smallest absolute Gasteiger partial charge is 0.356 e. The Morgan fingerprint density at radius 2 is 2.40 bits per heavy atom. The number of aromatic carboxylic acids is 1. The van der Waals surface area contributed by atoms with Gasteiger partial charge >= 0.3 is 5.97 Å². The molecule has 0 atom stereocenters. The van der Waals surface area contributed by atoms with Crippen molar-refractivity contribution < 1.29 is 18.7 Å². The van der Waals surface area contributed by atoms with E-state index in [1.54, 1.807) is 0 Å². The van der Waals surface area contributed by atoms with E-state index in [1.165, 1.54) is 28.6 Å². The van der Waals surface area contributed by atoms with Crippen LogP contribution in [0.1, 0.15) is 16.9 Å². The van der Waals surface area contributed by atoms with Gasteiger partial charge in [-0.15, -0.1) is 23.1 Å². The number of thioether (sulfide) groups is 1. The maximum Gasteiger partial charge on any atom is 0.356 e. The first kappa shape index (κ1) is 12.1. The molecule has 1 aromatic heterocycles. The van der Waals surface area contributed by atoms with Gasteiger partial charge in [0.1, 0.15) is 0 Å². The highest BCUT2D eigenvalue weighted by Crippen LogP contribution is 2.27. The topological polar surface area (TPSA) is 50.2 Å². The van der Waals surface area contributed by atoms with Crippen LogP contribution in [0.3, 0.4) is 0 Å². The van der Waals surface area contributed by atoms with E-state index in [-0.39, 0.29) is 12.1 Å². The van der Waals surface area contributed by atoms with Crippen molar-refractivity contribution in [3.63, 3.8) is 0 Å². The number of carboxylic acids is 1. The second-order valence-corrected chi connectivity index (χ2v) is 4.64. The molecular weight excluding hydrogens is 244 g/mol. The number of thiazole rings is 1. The minimum Gasteiger partial charge on any atom is -0.476 e. The lowest BCUT2D eigenvalue weighted by Gasteiger charge is -1.95. The summed E-state index contributed by atoms with van der Waals surface area (Å²) >= 11 is 2.42.